The van der Waals surface area contributed by atoms with Gasteiger partial charge in [0, 0.05) is 23.6 Å². The molecule has 0 unspecified atom stereocenters. The van der Waals surface area contributed by atoms with Gasteiger partial charge in [-0.15, -0.1) is 0 Å². The van der Waals surface area contributed by atoms with Crippen LogP contribution < -0.4 is 19.5 Å². The quantitative estimate of drug-likeness (QED) is 0.460. The third kappa shape index (κ3) is 4.32. The summed E-state index contributed by atoms with van der Waals surface area (Å²) in [6.45, 7) is 3.43. The topological polar surface area (TPSA) is 65.8 Å². The highest BCUT2D eigenvalue weighted by molar-refractivity contribution is 5.84. The molecular formula is C24H21FN2O4. The van der Waals surface area contributed by atoms with Gasteiger partial charge < -0.3 is 23.9 Å². The average Bonchev–Trinajstić information content (AvgIpc) is 3.38. The van der Waals surface area contributed by atoms with Gasteiger partial charge in [-0.3, -0.25) is 0 Å². The van der Waals surface area contributed by atoms with Gasteiger partial charge in [0.15, 0.2) is 11.5 Å². The number of benzene rings is 2. The number of rotatable bonds is 7. The number of ether oxygens (including phenoxy) is 3. The molecule has 7 heteroatoms. The molecule has 31 heavy (non-hydrogen) atoms. The van der Waals surface area contributed by atoms with E-state index in [9.17, 15) is 4.39 Å². The molecule has 1 aliphatic rings. The second-order valence-corrected chi connectivity index (χ2v) is 7.39. The number of aromatic nitrogens is 1. The first kappa shape index (κ1) is 19.4. The van der Waals surface area contributed by atoms with E-state index in [0.717, 1.165) is 33.6 Å². The Morgan fingerprint density at radius 3 is 2.71 bits per heavy atom. The summed E-state index contributed by atoms with van der Waals surface area (Å²) < 4.78 is 36.1. The molecule has 1 aliphatic heterocycles. The fraction of sp³-hybridized carbons (Fsp3) is 0.208. The number of halogens is 1. The highest BCUT2D eigenvalue weighted by atomic mass is 19.1. The second-order valence-electron chi connectivity index (χ2n) is 7.39. The number of furan rings is 1. The number of hydrogen-bond donors (Lipinski definition) is 1. The average molecular weight is 420 g/mol. The van der Waals surface area contributed by atoms with E-state index in [0.29, 0.717) is 30.5 Å². The monoisotopic (exact) mass is 420 g/mol. The number of aryl methyl sites for hydroxylation is 1. The molecule has 5 rings (SSSR count). The highest BCUT2D eigenvalue weighted by Gasteiger charge is 2.17. The summed E-state index contributed by atoms with van der Waals surface area (Å²) in [5, 5.41) is 4.29. The van der Waals surface area contributed by atoms with Crippen LogP contribution in [-0.4, -0.2) is 11.8 Å². The minimum absolute atomic E-state index is 0.200. The Kier molecular flexibility index (Phi) is 5.18. The van der Waals surface area contributed by atoms with Crippen molar-refractivity contribution in [3.05, 3.63) is 83.1 Å². The van der Waals surface area contributed by atoms with Gasteiger partial charge in [-0.1, -0.05) is 12.1 Å². The van der Waals surface area contributed by atoms with Crippen molar-refractivity contribution >= 4 is 10.9 Å². The summed E-state index contributed by atoms with van der Waals surface area (Å²) in [6.07, 6.45) is 0. The Bertz CT molecular complexity index is 1240. The molecule has 0 amide bonds. The van der Waals surface area contributed by atoms with Crippen molar-refractivity contribution in [2.45, 2.75) is 26.6 Å². The third-order valence-corrected chi connectivity index (χ3v) is 5.02. The van der Waals surface area contributed by atoms with Crippen LogP contribution in [0.1, 0.15) is 22.6 Å². The standard InChI is InChI=1S/C24H21FN2O4/c1-15-5-6-20(31-15)12-26-11-18-8-17-9-22-23(30-14-29-22)10-21(17)27-24(18)28-13-16-3-2-4-19(25)7-16/h2-10,26H,11-14H2,1H3. The fourth-order valence-corrected chi connectivity index (χ4v) is 3.52. The third-order valence-electron chi connectivity index (χ3n) is 5.02. The first-order valence-corrected chi connectivity index (χ1v) is 10.0. The molecule has 0 radical (unpaired) electrons. The molecule has 0 spiro atoms. The predicted molar refractivity (Wildman–Crippen MR) is 113 cm³/mol. The molecule has 6 nitrogen and oxygen atoms in total. The number of pyridine rings is 1. The summed E-state index contributed by atoms with van der Waals surface area (Å²) in [4.78, 5) is 4.70. The van der Waals surface area contributed by atoms with Gasteiger partial charge >= 0.3 is 0 Å². The number of hydrogen-bond acceptors (Lipinski definition) is 6. The molecule has 0 fully saturated rings. The molecule has 0 saturated heterocycles. The van der Waals surface area contributed by atoms with Gasteiger partial charge in [0.2, 0.25) is 12.7 Å². The van der Waals surface area contributed by atoms with E-state index in [-0.39, 0.29) is 19.2 Å². The summed E-state index contributed by atoms with van der Waals surface area (Å²) in [6, 6.07) is 16.0. The SMILES string of the molecule is Cc1ccc(CNCc2cc3cc4c(cc3nc2OCc2cccc(F)c2)OCO4)o1. The number of fused-ring (bicyclic) bond motifs is 2. The normalized spacial score (nSPS) is 12.5. The zero-order chi connectivity index (χ0) is 21.2. The van der Waals surface area contributed by atoms with Crippen LogP contribution in [0, 0.1) is 12.7 Å². The maximum Gasteiger partial charge on any atom is 0.231 e. The van der Waals surface area contributed by atoms with Crippen LogP contribution in [0.15, 0.2) is 59.0 Å². The van der Waals surface area contributed by atoms with E-state index in [4.69, 9.17) is 23.6 Å². The van der Waals surface area contributed by atoms with Crippen LogP contribution in [0.5, 0.6) is 17.4 Å². The lowest BCUT2D eigenvalue weighted by Crippen LogP contribution is -2.14. The van der Waals surface area contributed by atoms with Gasteiger partial charge in [0.1, 0.15) is 23.9 Å². The molecule has 2 aromatic carbocycles. The largest absolute Gasteiger partial charge is 0.473 e. The molecule has 158 valence electrons. The van der Waals surface area contributed by atoms with Crippen molar-refractivity contribution in [2.24, 2.45) is 0 Å². The Labute approximate surface area is 178 Å². The maximum absolute atomic E-state index is 13.5. The van der Waals surface area contributed by atoms with Crippen molar-refractivity contribution in [3.63, 3.8) is 0 Å². The Morgan fingerprint density at radius 2 is 1.90 bits per heavy atom. The van der Waals surface area contributed by atoms with Crippen LogP contribution in [0.4, 0.5) is 4.39 Å². The van der Waals surface area contributed by atoms with Crippen LogP contribution in [0.3, 0.4) is 0 Å². The lowest BCUT2D eigenvalue weighted by atomic mass is 10.1. The molecule has 4 aromatic rings. The van der Waals surface area contributed by atoms with Crippen molar-refractivity contribution in [3.8, 4) is 17.4 Å². The van der Waals surface area contributed by atoms with Crippen LogP contribution in [0.25, 0.3) is 10.9 Å². The lowest BCUT2D eigenvalue weighted by molar-refractivity contribution is 0.174. The molecule has 0 atom stereocenters. The van der Waals surface area contributed by atoms with E-state index < -0.39 is 0 Å². The summed E-state index contributed by atoms with van der Waals surface area (Å²) in [5.74, 6) is 3.29. The summed E-state index contributed by atoms with van der Waals surface area (Å²) in [5.41, 5.74) is 2.35. The Balaban J connectivity index is 1.41. The van der Waals surface area contributed by atoms with Crippen molar-refractivity contribution in [2.75, 3.05) is 6.79 Å². The lowest BCUT2D eigenvalue weighted by Gasteiger charge is -2.13. The van der Waals surface area contributed by atoms with Crippen LogP contribution in [0.2, 0.25) is 0 Å². The molecule has 0 saturated carbocycles. The smallest absolute Gasteiger partial charge is 0.231 e. The van der Waals surface area contributed by atoms with E-state index in [1.165, 1.54) is 12.1 Å². The van der Waals surface area contributed by atoms with E-state index in [1.54, 1.807) is 6.07 Å². The van der Waals surface area contributed by atoms with Gasteiger partial charge in [0.25, 0.3) is 0 Å². The number of nitrogens with one attached hydrogen (secondary N) is 1. The van der Waals surface area contributed by atoms with Crippen molar-refractivity contribution in [1.29, 1.82) is 0 Å². The first-order chi connectivity index (χ1) is 15.1. The van der Waals surface area contributed by atoms with E-state index in [1.807, 2.05) is 43.3 Å². The van der Waals surface area contributed by atoms with E-state index >= 15 is 0 Å². The van der Waals surface area contributed by atoms with Crippen LogP contribution in [-0.2, 0) is 19.7 Å². The van der Waals surface area contributed by atoms with Crippen molar-refractivity contribution in [1.82, 2.24) is 10.3 Å². The van der Waals surface area contributed by atoms with Crippen LogP contribution >= 0.6 is 0 Å². The maximum atomic E-state index is 13.5. The zero-order valence-corrected chi connectivity index (χ0v) is 17.0. The summed E-state index contributed by atoms with van der Waals surface area (Å²) >= 11 is 0. The molecular weight excluding hydrogens is 399 g/mol. The van der Waals surface area contributed by atoms with Gasteiger partial charge in [-0.2, -0.15) is 0 Å². The Morgan fingerprint density at radius 1 is 1.03 bits per heavy atom. The molecule has 0 aliphatic carbocycles. The molecule has 0 bridgehead atoms. The molecule has 3 heterocycles. The van der Waals surface area contributed by atoms with Gasteiger partial charge in [-0.25, -0.2) is 9.37 Å². The highest BCUT2D eigenvalue weighted by Crippen LogP contribution is 2.37. The summed E-state index contributed by atoms with van der Waals surface area (Å²) in [7, 11) is 0. The van der Waals surface area contributed by atoms with Crippen molar-refractivity contribution < 1.29 is 23.0 Å². The second kappa shape index (κ2) is 8.28. The zero-order valence-electron chi connectivity index (χ0n) is 17.0. The van der Waals surface area contributed by atoms with Gasteiger partial charge in [-0.05, 0) is 48.9 Å². The minimum Gasteiger partial charge on any atom is -0.473 e. The number of nitrogens with zero attached hydrogens (tertiary/aromatic N) is 1. The van der Waals surface area contributed by atoms with Gasteiger partial charge in [0.05, 0.1) is 12.1 Å². The molecule has 2 aromatic heterocycles. The fourth-order valence-electron chi connectivity index (χ4n) is 3.52. The van der Waals surface area contributed by atoms with E-state index in [2.05, 4.69) is 5.32 Å². The minimum atomic E-state index is -0.295. The first-order valence-electron chi connectivity index (χ1n) is 10.0. The Hall–Kier alpha value is -3.58. The predicted octanol–water partition coefficient (Wildman–Crippen LogP) is 4.87. The molecule has 1 N–H and O–H groups in total.